The van der Waals surface area contributed by atoms with Crippen molar-refractivity contribution in [3.05, 3.63) is 62.9 Å². The Balaban J connectivity index is 1.64. The lowest BCUT2D eigenvalue weighted by atomic mass is 10.2. The summed E-state index contributed by atoms with van der Waals surface area (Å²) in [6, 6.07) is 10.2. The van der Waals surface area contributed by atoms with Crippen molar-refractivity contribution in [1.29, 1.82) is 0 Å². The third-order valence-corrected chi connectivity index (χ3v) is 8.08. The van der Waals surface area contributed by atoms with Crippen molar-refractivity contribution < 1.29 is 18.1 Å². The van der Waals surface area contributed by atoms with E-state index in [1.54, 1.807) is 24.7 Å². The van der Waals surface area contributed by atoms with Crippen LogP contribution in [0.4, 0.5) is 5.69 Å². The van der Waals surface area contributed by atoms with E-state index in [1.165, 1.54) is 52.0 Å². The van der Waals surface area contributed by atoms with Crippen molar-refractivity contribution >= 4 is 43.2 Å². The molecule has 1 amide bonds. The van der Waals surface area contributed by atoms with Crippen molar-refractivity contribution in [1.82, 2.24) is 8.87 Å². The molecule has 11 heteroatoms. The van der Waals surface area contributed by atoms with Gasteiger partial charge < -0.3 is 4.57 Å². The first-order chi connectivity index (χ1) is 14.2. The van der Waals surface area contributed by atoms with Gasteiger partial charge in [0.15, 0.2) is 4.80 Å². The predicted octanol–water partition coefficient (Wildman–Crippen LogP) is 2.67. The fourth-order valence-corrected chi connectivity index (χ4v) is 5.47. The van der Waals surface area contributed by atoms with Gasteiger partial charge in [-0.1, -0.05) is 11.3 Å². The molecule has 156 valence electrons. The highest BCUT2D eigenvalue weighted by Crippen LogP contribution is 2.30. The number of nitro groups is 1. The Kier molecular flexibility index (Phi) is 5.04. The van der Waals surface area contributed by atoms with Crippen LogP contribution in [0.3, 0.4) is 0 Å². The summed E-state index contributed by atoms with van der Waals surface area (Å²) in [4.78, 5) is 27.7. The van der Waals surface area contributed by atoms with Gasteiger partial charge in [0, 0.05) is 37.8 Å². The fourth-order valence-electron chi connectivity index (χ4n) is 3.06. The van der Waals surface area contributed by atoms with Crippen LogP contribution in [0.25, 0.3) is 10.2 Å². The lowest BCUT2D eigenvalue weighted by molar-refractivity contribution is -0.384. The standard InChI is InChI=1S/C19H18N4O5S2/c1-21-16-11-14(23(25)26)7-10-17(16)29-19(21)20-18(24)12-3-8-15(9-4-12)30(27,28)22(2)13-5-6-13/h3-4,7-11,13H,5-6H2,1-2H3. The van der Waals surface area contributed by atoms with Crippen LogP contribution in [0.1, 0.15) is 23.2 Å². The molecule has 4 rings (SSSR count). The maximum absolute atomic E-state index is 12.6. The fraction of sp³-hybridized carbons (Fsp3) is 0.263. The quantitative estimate of drug-likeness (QED) is 0.441. The number of nitro benzene ring substituents is 1. The number of amides is 1. The minimum Gasteiger partial charge on any atom is -0.319 e. The molecule has 0 atom stereocenters. The number of non-ortho nitro benzene ring substituents is 1. The average molecular weight is 447 g/mol. The molecule has 1 aliphatic rings. The van der Waals surface area contributed by atoms with E-state index in [4.69, 9.17) is 0 Å². The number of nitrogens with zero attached hydrogens (tertiary/aromatic N) is 4. The number of aryl methyl sites for hydroxylation is 1. The zero-order valence-electron chi connectivity index (χ0n) is 16.2. The Morgan fingerprint density at radius 3 is 2.50 bits per heavy atom. The Hall–Kier alpha value is -2.89. The molecule has 1 aromatic heterocycles. The lowest BCUT2D eigenvalue weighted by Crippen LogP contribution is -2.28. The maximum Gasteiger partial charge on any atom is 0.279 e. The summed E-state index contributed by atoms with van der Waals surface area (Å²) in [6.07, 6.45) is 1.72. The number of carbonyl (C=O) groups excluding carboxylic acids is 1. The number of hydrogen-bond donors (Lipinski definition) is 0. The predicted molar refractivity (Wildman–Crippen MR) is 112 cm³/mol. The van der Waals surface area contributed by atoms with Crippen LogP contribution in [0.2, 0.25) is 0 Å². The molecule has 0 N–H and O–H groups in total. The summed E-state index contributed by atoms with van der Waals surface area (Å²) in [5.74, 6) is -0.522. The van der Waals surface area contributed by atoms with Crippen LogP contribution in [0, 0.1) is 10.1 Å². The Labute approximate surface area is 176 Å². The topological polar surface area (TPSA) is 115 Å². The highest BCUT2D eigenvalue weighted by atomic mass is 32.2. The molecule has 1 aliphatic carbocycles. The average Bonchev–Trinajstić information content (AvgIpc) is 3.53. The number of sulfonamides is 1. The molecular weight excluding hydrogens is 428 g/mol. The number of carbonyl (C=O) groups is 1. The van der Waals surface area contributed by atoms with E-state index < -0.39 is 20.9 Å². The highest BCUT2D eigenvalue weighted by Gasteiger charge is 2.35. The van der Waals surface area contributed by atoms with Crippen molar-refractivity contribution in [2.75, 3.05) is 7.05 Å². The van der Waals surface area contributed by atoms with Gasteiger partial charge in [0.1, 0.15) is 0 Å². The number of benzene rings is 2. The summed E-state index contributed by atoms with van der Waals surface area (Å²) in [7, 11) is -0.337. The second-order valence-electron chi connectivity index (χ2n) is 7.05. The summed E-state index contributed by atoms with van der Waals surface area (Å²) in [6.45, 7) is 0. The van der Waals surface area contributed by atoms with Gasteiger partial charge in [-0.15, -0.1) is 0 Å². The largest absolute Gasteiger partial charge is 0.319 e. The molecule has 0 radical (unpaired) electrons. The molecular formula is C19H18N4O5S2. The van der Waals surface area contributed by atoms with Crippen LogP contribution >= 0.6 is 11.3 Å². The van der Waals surface area contributed by atoms with Crippen molar-refractivity contribution in [3.63, 3.8) is 0 Å². The molecule has 0 aliphatic heterocycles. The van der Waals surface area contributed by atoms with E-state index in [2.05, 4.69) is 4.99 Å². The SMILES string of the molecule is CN(C1CC1)S(=O)(=O)c1ccc(C(=O)N=c2sc3ccc([N+](=O)[O-])cc3n2C)cc1. The molecule has 1 fully saturated rings. The van der Waals surface area contributed by atoms with E-state index >= 15 is 0 Å². The maximum atomic E-state index is 12.6. The minimum atomic E-state index is -3.58. The molecule has 2 aromatic carbocycles. The third-order valence-electron chi connectivity index (χ3n) is 5.04. The monoisotopic (exact) mass is 446 g/mol. The molecule has 9 nitrogen and oxygen atoms in total. The van der Waals surface area contributed by atoms with Gasteiger partial charge in [-0.2, -0.15) is 9.30 Å². The summed E-state index contributed by atoms with van der Waals surface area (Å²) < 4.78 is 28.9. The molecule has 0 spiro atoms. The van der Waals surface area contributed by atoms with Gasteiger partial charge in [-0.3, -0.25) is 14.9 Å². The molecule has 0 bridgehead atoms. The summed E-state index contributed by atoms with van der Waals surface area (Å²) in [5, 5.41) is 11.0. The zero-order valence-corrected chi connectivity index (χ0v) is 17.8. The van der Waals surface area contributed by atoms with Crippen LogP contribution < -0.4 is 4.80 Å². The third kappa shape index (κ3) is 3.66. The zero-order chi connectivity index (χ0) is 21.6. The van der Waals surface area contributed by atoms with E-state index in [0.717, 1.165) is 17.5 Å². The lowest BCUT2D eigenvalue weighted by Gasteiger charge is -2.16. The normalized spacial score (nSPS) is 15.1. The van der Waals surface area contributed by atoms with Crippen LogP contribution in [0.15, 0.2) is 52.4 Å². The van der Waals surface area contributed by atoms with E-state index in [0.29, 0.717) is 10.3 Å². The molecule has 30 heavy (non-hydrogen) atoms. The Morgan fingerprint density at radius 1 is 1.23 bits per heavy atom. The smallest absolute Gasteiger partial charge is 0.279 e. The second kappa shape index (κ2) is 7.42. The first kappa shape index (κ1) is 20.4. The number of fused-ring (bicyclic) bond motifs is 1. The van der Waals surface area contributed by atoms with Crippen molar-refractivity contribution in [2.45, 2.75) is 23.8 Å². The van der Waals surface area contributed by atoms with Crippen LogP contribution in [0.5, 0.6) is 0 Å². The van der Waals surface area contributed by atoms with E-state index in [9.17, 15) is 23.3 Å². The summed E-state index contributed by atoms with van der Waals surface area (Å²) >= 11 is 1.24. The van der Waals surface area contributed by atoms with Crippen molar-refractivity contribution in [3.8, 4) is 0 Å². The molecule has 0 saturated heterocycles. The van der Waals surface area contributed by atoms with Gasteiger partial charge in [-0.25, -0.2) is 8.42 Å². The molecule has 1 heterocycles. The summed E-state index contributed by atoms with van der Waals surface area (Å²) in [5.41, 5.74) is 0.818. The minimum absolute atomic E-state index is 0.0401. The van der Waals surface area contributed by atoms with Crippen LogP contribution in [-0.2, 0) is 17.1 Å². The molecule has 0 unspecified atom stereocenters. The molecule has 3 aromatic rings. The van der Waals surface area contributed by atoms with Crippen molar-refractivity contribution in [2.24, 2.45) is 12.0 Å². The van der Waals surface area contributed by atoms with Gasteiger partial charge >= 0.3 is 0 Å². The number of thiazole rings is 1. The first-order valence-electron chi connectivity index (χ1n) is 9.09. The van der Waals surface area contributed by atoms with E-state index in [1.807, 2.05) is 0 Å². The van der Waals surface area contributed by atoms with Gasteiger partial charge in [-0.05, 0) is 43.2 Å². The van der Waals surface area contributed by atoms with Crippen LogP contribution in [-0.4, -0.2) is 41.2 Å². The van der Waals surface area contributed by atoms with Gasteiger partial charge in [0.25, 0.3) is 11.6 Å². The van der Waals surface area contributed by atoms with Gasteiger partial charge in [0.05, 0.1) is 20.0 Å². The number of aromatic nitrogens is 1. The Morgan fingerprint density at radius 2 is 1.90 bits per heavy atom. The van der Waals surface area contributed by atoms with Gasteiger partial charge in [0.2, 0.25) is 10.0 Å². The van der Waals surface area contributed by atoms with E-state index in [-0.39, 0.29) is 22.2 Å². The number of hydrogen-bond acceptors (Lipinski definition) is 6. The first-order valence-corrected chi connectivity index (χ1v) is 11.4. The molecule has 1 saturated carbocycles. The Bertz CT molecular complexity index is 1340. The number of rotatable bonds is 5. The highest BCUT2D eigenvalue weighted by molar-refractivity contribution is 7.89. The second-order valence-corrected chi connectivity index (χ2v) is 10.1.